The Bertz CT molecular complexity index is 326. The van der Waals surface area contributed by atoms with Crippen LogP contribution in [0.4, 0.5) is 0 Å². The van der Waals surface area contributed by atoms with Gasteiger partial charge in [-0.05, 0) is 12.8 Å². The second kappa shape index (κ2) is 4.83. The summed E-state index contributed by atoms with van der Waals surface area (Å²) in [5.41, 5.74) is 7.22. The summed E-state index contributed by atoms with van der Waals surface area (Å²) in [6, 6.07) is 0. The third-order valence-electron chi connectivity index (χ3n) is 2.56. The number of thiazole rings is 1. The highest BCUT2D eigenvalue weighted by atomic mass is 32.1. The molecule has 1 aromatic heterocycles. The molecule has 0 amide bonds. The van der Waals surface area contributed by atoms with Gasteiger partial charge in [-0.25, -0.2) is 0 Å². The average molecular weight is 226 g/mol. The molecule has 0 saturated carbocycles. The van der Waals surface area contributed by atoms with Gasteiger partial charge >= 0.3 is 0 Å². The molecular weight excluding hydrogens is 212 g/mol. The second-order valence-corrected chi connectivity index (χ2v) is 4.64. The van der Waals surface area contributed by atoms with Crippen LogP contribution in [0.15, 0.2) is 11.7 Å². The molecule has 1 saturated heterocycles. The molecule has 0 radical (unpaired) electrons. The predicted molar refractivity (Wildman–Crippen MR) is 57.8 cm³/mol. The van der Waals surface area contributed by atoms with Crippen molar-refractivity contribution in [2.45, 2.75) is 31.5 Å². The van der Waals surface area contributed by atoms with E-state index in [9.17, 15) is 4.79 Å². The number of aromatic nitrogens is 1. The Labute approximate surface area is 92.5 Å². The lowest BCUT2D eigenvalue weighted by Crippen LogP contribution is -2.26. The Morgan fingerprint density at radius 2 is 2.53 bits per heavy atom. The normalized spacial score (nSPS) is 25.7. The highest BCUT2D eigenvalue weighted by Gasteiger charge is 2.29. The smallest absolute Gasteiger partial charge is 0.166 e. The van der Waals surface area contributed by atoms with Crippen molar-refractivity contribution in [2.75, 3.05) is 6.54 Å². The molecule has 2 unspecified atom stereocenters. The molecule has 2 atom stereocenters. The number of nitrogens with two attached hydrogens (primary N) is 1. The number of nitrogens with zero attached hydrogens (tertiary/aromatic N) is 1. The molecule has 1 aliphatic heterocycles. The summed E-state index contributed by atoms with van der Waals surface area (Å²) in [6.07, 6.45) is 3.70. The summed E-state index contributed by atoms with van der Waals surface area (Å²) >= 11 is 1.50. The Hall–Kier alpha value is -0.780. The highest BCUT2D eigenvalue weighted by molar-refractivity contribution is 7.09. The van der Waals surface area contributed by atoms with Crippen molar-refractivity contribution in [1.82, 2.24) is 4.98 Å². The maximum atomic E-state index is 11.8. The molecule has 82 valence electrons. The van der Waals surface area contributed by atoms with Gasteiger partial charge in [0.2, 0.25) is 0 Å². The molecule has 0 aromatic carbocycles. The van der Waals surface area contributed by atoms with Crippen molar-refractivity contribution in [3.63, 3.8) is 0 Å². The number of carbonyl (C=O) groups excluding carboxylic acids is 1. The molecule has 1 aliphatic rings. The molecule has 2 heterocycles. The minimum Gasteiger partial charge on any atom is -0.366 e. The fraction of sp³-hybridized carbons (Fsp3) is 0.600. The van der Waals surface area contributed by atoms with Gasteiger partial charge in [0, 0.05) is 24.0 Å². The number of carbonyl (C=O) groups is 1. The molecule has 0 spiro atoms. The Balaban J connectivity index is 1.87. The number of ketones is 1. The molecule has 15 heavy (non-hydrogen) atoms. The van der Waals surface area contributed by atoms with Crippen LogP contribution in [-0.4, -0.2) is 29.5 Å². The zero-order valence-electron chi connectivity index (χ0n) is 8.39. The second-order valence-electron chi connectivity index (χ2n) is 3.67. The maximum absolute atomic E-state index is 11.8. The van der Waals surface area contributed by atoms with Crippen LogP contribution >= 0.6 is 11.3 Å². The van der Waals surface area contributed by atoms with E-state index in [4.69, 9.17) is 10.5 Å². The van der Waals surface area contributed by atoms with E-state index in [1.807, 2.05) is 0 Å². The van der Waals surface area contributed by atoms with Gasteiger partial charge in [-0.1, -0.05) is 0 Å². The van der Waals surface area contributed by atoms with Crippen LogP contribution in [0.2, 0.25) is 0 Å². The zero-order chi connectivity index (χ0) is 10.7. The van der Waals surface area contributed by atoms with Crippen LogP contribution in [0.25, 0.3) is 0 Å². The first-order chi connectivity index (χ1) is 7.29. The largest absolute Gasteiger partial charge is 0.366 e. The van der Waals surface area contributed by atoms with Gasteiger partial charge in [0.05, 0.1) is 11.6 Å². The van der Waals surface area contributed by atoms with Gasteiger partial charge in [-0.3, -0.25) is 9.78 Å². The van der Waals surface area contributed by atoms with E-state index in [0.29, 0.717) is 13.0 Å². The number of hydrogen-bond donors (Lipinski definition) is 1. The molecule has 4 nitrogen and oxygen atoms in total. The first kappa shape index (κ1) is 10.7. The summed E-state index contributed by atoms with van der Waals surface area (Å²) in [6.45, 7) is 0.504. The number of hydrogen-bond acceptors (Lipinski definition) is 5. The van der Waals surface area contributed by atoms with Crippen molar-refractivity contribution < 1.29 is 9.53 Å². The van der Waals surface area contributed by atoms with E-state index in [0.717, 1.165) is 17.7 Å². The van der Waals surface area contributed by atoms with E-state index in [1.165, 1.54) is 11.3 Å². The number of Topliss-reactive ketones (excluding diaryl/α,β-unsaturated/α-hetero) is 1. The van der Waals surface area contributed by atoms with Crippen molar-refractivity contribution >= 4 is 17.1 Å². The van der Waals surface area contributed by atoms with Crippen molar-refractivity contribution in [2.24, 2.45) is 5.73 Å². The summed E-state index contributed by atoms with van der Waals surface area (Å²) < 4.78 is 5.53. The first-order valence-corrected chi connectivity index (χ1v) is 5.93. The van der Waals surface area contributed by atoms with Crippen molar-refractivity contribution in [1.29, 1.82) is 0 Å². The van der Waals surface area contributed by atoms with E-state index in [-0.39, 0.29) is 18.0 Å². The van der Waals surface area contributed by atoms with Crippen LogP contribution < -0.4 is 5.73 Å². The Kier molecular flexibility index (Phi) is 3.45. The molecule has 1 fully saturated rings. The molecular formula is C10H14N2O2S. The maximum Gasteiger partial charge on any atom is 0.166 e. The SMILES string of the molecule is NCC1CCC(C(=O)Cc2cncs2)O1. The minimum atomic E-state index is -0.249. The quantitative estimate of drug-likeness (QED) is 0.823. The number of rotatable bonds is 4. The highest BCUT2D eigenvalue weighted by Crippen LogP contribution is 2.21. The molecule has 2 rings (SSSR count). The fourth-order valence-electron chi connectivity index (χ4n) is 1.73. The summed E-state index contributed by atoms with van der Waals surface area (Å²) in [7, 11) is 0. The van der Waals surface area contributed by atoms with E-state index >= 15 is 0 Å². The average Bonchev–Trinajstić information content (AvgIpc) is 2.86. The van der Waals surface area contributed by atoms with E-state index in [2.05, 4.69) is 4.98 Å². The third kappa shape index (κ3) is 2.62. The monoisotopic (exact) mass is 226 g/mol. The van der Waals surface area contributed by atoms with Gasteiger partial charge in [0.1, 0.15) is 6.10 Å². The van der Waals surface area contributed by atoms with E-state index < -0.39 is 0 Å². The van der Waals surface area contributed by atoms with Gasteiger partial charge in [0.15, 0.2) is 5.78 Å². The third-order valence-corrected chi connectivity index (χ3v) is 3.34. The van der Waals surface area contributed by atoms with Crippen molar-refractivity contribution in [3.8, 4) is 0 Å². The topological polar surface area (TPSA) is 65.2 Å². The summed E-state index contributed by atoms with van der Waals surface area (Å²) in [5, 5.41) is 0. The molecule has 2 N–H and O–H groups in total. The van der Waals surface area contributed by atoms with Gasteiger partial charge in [-0.2, -0.15) is 0 Å². The number of ether oxygens (including phenoxy) is 1. The molecule has 0 bridgehead atoms. The van der Waals surface area contributed by atoms with Crippen LogP contribution in [0.5, 0.6) is 0 Å². The van der Waals surface area contributed by atoms with Gasteiger partial charge < -0.3 is 10.5 Å². The summed E-state index contributed by atoms with van der Waals surface area (Å²) in [5.74, 6) is 0.148. The van der Waals surface area contributed by atoms with Gasteiger partial charge in [-0.15, -0.1) is 11.3 Å². The zero-order valence-corrected chi connectivity index (χ0v) is 9.20. The fourth-order valence-corrected chi connectivity index (χ4v) is 2.34. The lowest BCUT2D eigenvalue weighted by atomic mass is 10.1. The van der Waals surface area contributed by atoms with Crippen LogP contribution in [0.1, 0.15) is 17.7 Å². The van der Waals surface area contributed by atoms with E-state index in [1.54, 1.807) is 11.7 Å². The molecule has 1 aromatic rings. The predicted octanol–water partition coefficient (Wildman–Crippen LogP) is 0.761. The van der Waals surface area contributed by atoms with Crippen LogP contribution in [-0.2, 0) is 16.0 Å². The lowest BCUT2D eigenvalue weighted by molar-refractivity contribution is -0.128. The molecule has 0 aliphatic carbocycles. The standard InChI is InChI=1S/C10H14N2O2S/c11-4-7-1-2-10(14-7)9(13)3-8-5-12-6-15-8/h5-7,10H,1-4,11H2. The first-order valence-electron chi connectivity index (χ1n) is 5.05. The minimum absolute atomic E-state index is 0.0698. The Morgan fingerprint density at radius 1 is 1.67 bits per heavy atom. The molecule has 5 heteroatoms. The van der Waals surface area contributed by atoms with Crippen LogP contribution in [0, 0.1) is 0 Å². The Morgan fingerprint density at radius 3 is 3.13 bits per heavy atom. The lowest BCUT2D eigenvalue weighted by Gasteiger charge is -2.10. The van der Waals surface area contributed by atoms with Crippen LogP contribution in [0.3, 0.4) is 0 Å². The summed E-state index contributed by atoms with van der Waals surface area (Å²) in [4.78, 5) is 16.7. The van der Waals surface area contributed by atoms with Crippen molar-refractivity contribution in [3.05, 3.63) is 16.6 Å². The van der Waals surface area contributed by atoms with Gasteiger partial charge in [0.25, 0.3) is 0 Å².